The zero-order valence-electron chi connectivity index (χ0n) is 15.6. The van der Waals surface area contributed by atoms with Gasteiger partial charge in [-0.3, -0.25) is 4.99 Å². The molecule has 1 aliphatic heterocycles. The van der Waals surface area contributed by atoms with E-state index in [-0.39, 0.29) is 31.2 Å². The van der Waals surface area contributed by atoms with Crippen molar-refractivity contribution in [2.75, 3.05) is 43.4 Å². The molecule has 0 amide bonds. The van der Waals surface area contributed by atoms with Crippen LogP contribution in [0.4, 0.5) is 13.2 Å². The minimum absolute atomic E-state index is 0.0255. The SMILES string of the molecule is CCNC(=NCCS(=O)(=O)N1CCSCC1)NC1CCCC(C(F)(F)F)C1. The van der Waals surface area contributed by atoms with E-state index in [0.717, 1.165) is 11.5 Å². The quantitative estimate of drug-likeness (QED) is 0.498. The lowest BCUT2D eigenvalue weighted by molar-refractivity contribution is -0.183. The Kier molecular flexibility index (Phi) is 8.54. The van der Waals surface area contributed by atoms with Crippen LogP contribution in [0.1, 0.15) is 32.6 Å². The van der Waals surface area contributed by atoms with Gasteiger partial charge >= 0.3 is 6.18 Å². The summed E-state index contributed by atoms with van der Waals surface area (Å²) >= 11 is 1.74. The summed E-state index contributed by atoms with van der Waals surface area (Å²) in [6.45, 7) is 3.54. The summed E-state index contributed by atoms with van der Waals surface area (Å²) in [7, 11) is -3.35. The minimum Gasteiger partial charge on any atom is -0.357 e. The number of nitrogens with zero attached hydrogens (tertiary/aromatic N) is 2. The molecule has 0 aromatic heterocycles. The van der Waals surface area contributed by atoms with Gasteiger partial charge < -0.3 is 10.6 Å². The zero-order chi connectivity index (χ0) is 19.9. The van der Waals surface area contributed by atoms with Crippen molar-refractivity contribution in [1.82, 2.24) is 14.9 Å². The van der Waals surface area contributed by atoms with Crippen LogP contribution in [-0.4, -0.2) is 74.3 Å². The fraction of sp³-hybridized carbons (Fsp3) is 0.938. The molecule has 2 N–H and O–H groups in total. The van der Waals surface area contributed by atoms with Gasteiger partial charge in [-0.2, -0.15) is 24.9 Å². The van der Waals surface area contributed by atoms with Crippen LogP contribution in [0.2, 0.25) is 0 Å². The van der Waals surface area contributed by atoms with Crippen molar-refractivity contribution in [2.45, 2.75) is 44.8 Å². The first kappa shape index (κ1) is 22.6. The lowest BCUT2D eigenvalue weighted by atomic mass is 9.85. The van der Waals surface area contributed by atoms with Crippen LogP contribution in [0.25, 0.3) is 0 Å². The number of rotatable bonds is 6. The highest BCUT2D eigenvalue weighted by Gasteiger charge is 2.42. The van der Waals surface area contributed by atoms with E-state index in [2.05, 4.69) is 15.6 Å². The molecule has 0 bridgehead atoms. The standard InChI is InChI=1S/C16H29F3N4O2S2/c1-2-20-15(22-14-5-3-4-13(12-14)16(17,18)19)21-6-11-27(24,25)23-7-9-26-10-8-23/h13-14H,2-12H2,1H3,(H2,20,21,22). The second-order valence-electron chi connectivity index (χ2n) is 6.83. The fourth-order valence-electron chi connectivity index (χ4n) is 3.36. The summed E-state index contributed by atoms with van der Waals surface area (Å²) in [5.41, 5.74) is 0. The topological polar surface area (TPSA) is 73.8 Å². The Labute approximate surface area is 163 Å². The molecule has 11 heteroatoms. The molecule has 1 saturated heterocycles. The number of alkyl halides is 3. The highest BCUT2D eigenvalue weighted by atomic mass is 32.2. The average Bonchev–Trinajstić information content (AvgIpc) is 2.62. The molecule has 27 heavy (non-hydrogen) atoms. The Balaban J connectivity index is 1.89. The number of thioether (sulfide) groups is 1. The van der Waals surface area contributed by atoms with Gasteiger partial charge in [-0.05, 0) is 26.2 Å². The first-order valence-corrected chi connectivity index (χ1v) is 12.2. The Bertz CT molecular complexity index is 593. The highest BCUT2D eigenvalue weighted by molar-refractivity contribution is 7.99. The summed E-state index contributed by atoms with van der Waals surface area (Å²) in [5.74, 6) is 0.604. The molecule has 6 nitrogen and oxygen atoms in total. The number of halogens is 3. The van der Waals surface area contributed by atoms with Crippen LogP contribution in [0.5, 0.6) is 0 Å². The molecular formula is C16H29F3N4O2S2. The maximum atomic E-state index is 13.0. The summed E-state index contributed by atoms with van der Waals surface area (Å²) in [4.78, 5) is 4.28. The van der Waals surface area contributed by atoms with E-state index < -0.39 is 22.1 Å². The number of sulfonamides is 1. The lowest BCUT2D eigenvalue weighted by Crippen LogP contribution is -2.47. The van der Waals surface area contributed by atoms with Crippen molar-refractivity contribution in [2.24, 2.45) is 10.9 Å². The third-order valence-electron chi connectivity index (χ3n) is 4.80. The van der Waals surface area contributed by atoms with Gasteiger partial charge in [0.05, 0.1) is 18.2 Å². The van der Waals surface area contributed by atoms with Gasteiger partial charge in [0.25, 0.3) is 0 Å². The number of guanidine groups is 1. The van der Waals surface area contributed by atoms with Crippen LogP contribution < -0.4 is 10.6 Å². The zero-order valence-corrected chi connectivity index (χ0v) is 17.2. The smallest absolute Gasteiger partial charge is 0.357 e. The van der Waals surface area contributed by atoms with Crippen molar-refractivity contribution >= 4 is 27.7 Å². The molecule has 1 aliphatic carbocycles. The summed E-state index contributed by atoms with van der Waals surface area (Å²) in [5, 5.41) is 6.05. The first-order valence-electron chi connectivity index (χ1n) is 9.39. The molecule has 0 radical (unpaired) electrons. The molecule has 2 atom stereocenters. The number of hydrogen-bond donors (Lipinski definition) is 2. The van der Waals surface area contributed by atoms with E-state index in [1.807, 2.05) is 6.92 Å². The van der Waals surface area contributed by atoms with E-state index >= 15 is 0 Å². The van der Waals surface area contributed by atoms with Crippen molar-refractivity contribution in [3.8, 4) is 0 Å². The van der Waals surface area contributed by atoms with Gasteiger partial charge in [-0.15, -0.1) is 0 Å². The van der Waals surface area contributed by atoms with Crippen molar-refractivity contribution in [1.29, 1.82) is 0 Å². The van der Waals surface area contributed by atoms with Gasteiger partial charge in [0.1, 0.15) is 0 Å². The predicted molar refractivity (Wildman–Crippen MR) is 104 cm³/mol. The van der Waals surface area contributed by atoms with Crippen molar-refractivity contribution < 1.29 is 21.6 Å². The maximum Gasteiger partial charge on any atom is 0.391 e. The van der Waals surface area contributed by atoms with E-state index in [1.165, 1.54) is 4.31 Å². The van der Waals surface area contributed by atoms with Crippen LogP contribution in [-0.2, 0) is 10.0 Å². The molecule has 0 aromatic rings. The Morgan fingerprint density at radius 3 is 2.59 bits per heavy atom. The Morgan fingerprint density at radius 2 is 1.96 bits per heavy atom. The van der Waals surface area contributed by atoms with Crippen LogP contribution >= 0.6 is 11.8 Å². The molecule has 1 saturated carbocycles. The fourth-order valence-corrected chi connectivity index (χ4v) is 5.81. The van der Waals surface area contributed by atoms with Crippen LogP contribution in [0.3, 0.4) is 0 Å². The minimum atomic E-state index is -4.17. The van der Waals surface area contributed by atoms with E-state index in [9.17, 15) is 21.6 Å². The summed E-state index contributed by atoms with van der Waals surface area (Å²) in [6, 6.07) is -0.307. The van der Waals surface area contributed by atoms with Gasteiger partial charge in [0.2, 0.25) is 10.0 Å². The predicted octanol–water partition coefficient (Wildman–Crippen LogP) is 2.04. The molecule has 2 aliphatic rings. The van der Waals surface area contributed by atoms with Gasteiger partial charge in [0.15, 0.2) is 5.96 Å². The lowest BCUT2D eigenvalue weighted by Gasteiger charge is -2.32. The maximum absolute atomic E-state index is 13.0. The molecule has 0 spiro atoms. The Morgan fingerprint density at radius 1 is 1.26 bits per heavy atom. The average molecular weight is 431 g/mol. The normalized spacial score (nSPS) is 26.0. The van der Waals surface area contributed by atoms with E-state index in [0.29, 0.717) is 38.4 Å². The molecule has 2 rings (SSSR count). The van der Waals surface area contributed by atoms with Gasteiger partial charge in [-0.1, -0.05) is 6.42 Å². The molecule has 158 valence electrons. The van der Waals surface area contributed by atoms with Crippen LogP contribution in [0, 0.1) is 5.92 Å². The second kappa shape index (κ2) is 10.2. The largest absolute Gasteiger partial charge is 0.391 e. The van der Waals surface area contributed by atoms with E-state index in [1.54, 1.807) is 11.8 Å². The van der Waals surface area contributed by atoms with Gasteiger partial charge in [0, 0.05) is 37.2 Å². The first-order chi connectivity index (χ1) is 12.7. The highest BCUT2D eigenvalue weighted by Crippen LogP contribution is 2.37. The third kappa shape index (κ3) is 7.34. The number of nitrogens with one attached hydrogen (secondary N) is 2. The van der Waals surface area contributed by atoms with Gasteiger partial charge in [-0.25, -0.2) is 12.7 Å². The van der Waals surface area contributed by atoms with Crippen molar-refractivity contribution in [3.05, 3.63) is 0 Å². The molecule has 2 unspecified atom stereocenters. The van der Waals surface area contributed by atoms with Crippen LogP contribution in [0.15, 0.2) is 4.99 Å². The molecule has 1 heterocycles. The third-order valence-corrected chi connectivity index (χ3v) is 7.60. The molecule has 0 aromatic carbocycles. The van der Waals surface area contributed by atoms with Crippen molar-refractivity contribution in [3.63, 3.8) is 0 Å². The summed E-state index contributed by atoms with van der Waals surface area (Å²) < 4.78 is 65.1. The van der Waals surface area contributed by atoms with E-state index in [4.69, 9.17) is 0 Å². The number of aliphatic imine (C=N–C) groups is 1. The second-order valence-corrected chi connectivity index (χ2v) is 10.1. The number of hydrogen-bond acceptors (Lipinski definition) is 4. The summed E-state index contributed by atoms with van der Waals surface area (Å²) in [6.07, 6.45) is -2.81. The molecule has 2 fully saturated rings. The molecular weight excluding hydrogens is 401 g/mol. The monoisotopic (exact) mass is 430 g/mol. The Hall–Kier alpha value is -0.680.